The van der Waals surface area contributed by atoms with Crippen LogP contribution >= 0.6 is 0 Å². The van der Waals surface area contributed by atoms with Crippen molar-refractivity contribution in [2.75, 3.05) is 11.9 Å². The van der Waals surface area contributed by atoms with Crippen molar-refractivity contribution in [3.05, 3.63) is 81.4 Å². The van der Waals surface area contributed by atoms with Crippen molar-refractivity contribution >= 4 is 17.3 Å². The summed E-state index contributed by atoms with van der Waals surface area (Å²) in [6.07, 6.45) is 5.29. The Hall–Kier alpha value is -3.15. The average Bonchev–Trinajstić information content (AvgIpc) is 3.21. The van der Waals surface area contributed by atoms with Crippen molar-refractivity contribution in [1.29, 1.82) is 0 Å². The molecule has 0 spiro atoms. The van der Waals surface area contributed by atoms with Gasteiger partial charge in [-0.2, -0.15) is 0 Å². The Labute approximate surface area is 169 Å². The lowest BCUT2D eigenvalue weighted by molar-refractivity contribution is -0.384. The first kappa shape index (κ1) is 19.2. The van der Waals surface area contributed by atoms with Crippen molar-refractivity contribution in [3.63, 3.8) is 0 Å². The Balaban J connectivity index is 1.62. The lowest BCUT2D eigenvalue weighted by Crippen LogP contribution is -2.29. The highest BCUT2D eigenvalue weighted by Crippen LogP contribution is 2.50. The normalized spacial score (nSPS) is 22.0. The lowest BCUT2D eigenvalue weighted by Gasteiger charge is -2.37. The number of anilines is 1. The maximum Gasteiger partial charge on any atom is 0.338 e. The second-order valence-corrected chi connectivity index (χ2v) is 8.12. The molecule has 0 radical (unpaired) electrons. The van der Waals surface area contributed by atoms with Crippen LogP contribution in [0, 0.1) is 22.0 Å². The molecular formula is C23H24N2O4. The number of rotatable bonds is 5. The molecule has 0 amide bonds. The van der Waals surface area contributed by atoms with E-state index in [4.69, 9.17) is 4.74 Å². The van der Waals surface area contributed by atoms with Gasteiger partial charge >= 0.3 is 5.97 Å². The number of carbonyl (C=O) groups excluding carboxylic acids is 1. The number of allylic oxidation sites excluding steroid dienone is 2. The second kappa shape index (κ2) is 7.70. The molecule has 6 nitrogen and oxygen atoms in total. The van der Waals surface area contributed by atoms with Gasteiger partial charge in [0.2, 0.25) is 0 Å². The average molecular weight is 392 g/mol. The van der Waals surface area contributed by atoms with Crippen molar-refractivity contribution in [2.24, 2.45) is 11.8 Å². The lowest BCUT2D eigenvalue weighted by atomic mass is 9.76. The number of nitrogens with one attached hydrogen (secondary N) is 1. The molecule has 1 heterocycles. The van der Waals surface area contributed by atoms with Crippen molar-refractivity contribution in [3.8, 4) is 0 Å². The highest BCUT2D eigenvalue weighted by atomic mass is 16.6. The fourth-order valence-electron chi connectivity index (χ4n) is 4.18. The van der Waals surface area contributed by atoms with Crippen LogP contribution in [-0.4, -0.2) is 17.5 Å². The number of nitro benzene ring substituents is 1. The fraction of sp³-hybridized carbons (Fsp3) is 0.348. The van der Waals surface area contributed by atoms with Gasteiger partial charge in [0.15, 0.2) is 0 Å². The van der Waals surface area contributed by atoms with Crippen molar-refractivity contribution < 1.29 is 14.5 Å². The molecule has 2 aromatic rings. The predicted octanol–water partition coefficient (Wildman–Crippen LogP) is 5.23. The van der Waals surface area contributed by atoms with Gasteiger partial charge in [0, 0.05) is 23.7 Å². The van der Waals surface area contributed by atoms with Crippen LogP contribution in [0.2, 0.25) is 0 Å². The van der Waals surface area contributed by atoms with E-state index < -0.39 is 0 Å². The summed E-state index contributed by atoms with van der Waals surface area (Å²) >= 11 is 0. The molecule has 29 heavy (non-hydrogen) atoms. The van der Waals surface area contributed by atoms with Crippen LogP contribution in [0.1, 0.15) is 53.7 Å². The van der Waals surface area contributed by atoms with E-state index >= 15 is 0 Å². The summed E-state index contributed by atoms with van der Waals surface area (Å²) in [6, 6.07) is 12.5. The fourth-order valence-corrected chi connectivity index (χ4v) is 4.18. The molecule has 3 unspecified atom stereocenters. The molecule has 4 rings (SSSR count). The molecular weight excluding hydrogens is 368 g/mol. The topological polar surface area (TPSA) is 81.5 Å². The third-order valence-corrected chi connectivity index (χ3v) is 5.61. The molecule has 0 aromatic heterocycles. The van der Waals surface area contributed by atoms with Gasteiger partial charge in [-0.25, -0.2) is 4.79 Å². The van der Waals surface area contributed by atoms with Crippen LogP contribution < -0.4 is 5.32 Å². The van der Waals surface area contributed by atoms with Gasteiger partial charge in [-0.05, 0) is 47.6 Å². The van der Waals surface area contributed by atoms with E-state index in [2.05, 4.69) is 17.5 Å². The highest BCUT2D eigenvalue weighted by molar-refractivity contribution is 5.90. The number of carbonyl (C=O) groups is 1. The minimum atomic E-state index is -0.382. The quantitative estimate of drug-likeness (QED) is 0.326. The maximum atomic E-state index is 12.4. The molecule has 6 heteroatoms. The summed E-state index contributed by atoms with van der Waals surface area (Å²) < 4.78 is 5.38. The third-order valence-electron chi connectivity index (χ3n) is 5.61. The van der Waals surface area contributed by atoms with E-state index in [-0.39, 0.29) is 28.5 Å². The first-order chi connectivity index (χ1) is 13.9. The van der Waals surface area contributed by atoms with Gasteiger partial charge in [0.25, 0.3) is 5.69 Å². The number of esters is 1. The van der Waals surface area contributed by atoms with Gasteiger partial charge < -0.3 is 10.1 Å². The number of benzene rings is 2. The van der Waals surface area contributed by atoms with Gasteiger partial charge in [-0.3, -0.25) is 10.1 Å². The van der Waals surface area contributed by atoms with Gasteiger partial charge in [0.05, 0.1) is 23.1 Å². The Morgan fingerprint density at radius 1 is 1.24 bits per heavy atom. The van der Waals surface area contributed by atoms with E-state index in [1.165, 1.54) is 0 Å². The summed E-state index contributed by atoms with van der Waals surface area (Å²) in [5.41, 5.74) is 3.78. The molecule has 0 saturated carbocycles. The molecule has 0 bridgehead atoms. The number of hydrogen-bond donors (Lipinski definition) is 1. The molecule has 1 aliphatic carbocycles. The molecule has 0 saturated heterocycles. The van der Waals surface area contributed by atoms with E-state index in [9.17, 15) is 14.9 Å². The van der Waals surface area contributed by atoms with Crippen LogP contribution in [0.5, 0.6) is 0 Å². The SMILES string of the molecule is CC(C)COC(=O)c1ccc2c(c1)C1C=CCC1C(c1ccc([N+](=O)[O-])cc1)N2. The third kappa shape index (κ3) is 3.75. The van der Waals surface area contributed by atoms with Crippen LogP contribution in [0.4, 0.5) is 11.4 Å². The summed E-state index contributed by atoms with van der Waals surface area (Å²) in [7, 11) is 0. The van der Waals surface area contributed by atoms with E-state index in [1.54, 1.807) is 18.2 Å². The number of hydrogen-bond acceptors (Lipinski definition) is 5. The first-order valence-electron chi connectivity index (χ1n) is 9.92. The zero-order valence-corrected chi connectivity index (χ0v) is 16.5. The zero-order chi connectivity index (χ0) is 20.5. The highest BCUT2D eigenvalue weighted by Gasteiger charge is 2.38. The minimum Gasteiger partial charge on any atom is -0.462 e. The summed E-state index contributed by atoms with van der Waals surface area (Å²) in [5, 5.41) is 14.5. The number of nitro groups is 1. The molecule has 1 aliphatic heterocycles. The van der Waals surface area contributed by atoms with Crippen molar-refractivity contribution in [2.45, 2.75) is 32.2 Å². The smallest absolute Gasteiger partial charge is 0.338 e. The van der Waals surface area contributed by atoms with Crippen LogP contribution in [0.25, 0.3) is 0 Å². The van der Waals surface area contributed by atoms with E-state index in [0.717, 1.165) is 23.2 Å². The number of ether oxygens (including phenoxy) is 1. The van der Waals surface area contributed by atoms with Gasteiger partial charge in [-0.1, -0.05) is 38.1 Å². The first-order valence-corrected chi connectivity index (χ1v) is 9.92. The largest absolute Gasteiger partial charge is 0.462 e. The number of fused-ring (bicyclic) bond motifs is 3. The standard InChI is InChI=1S/C23H24N2O4/c1-14(2)13-29-23(26)16-8-11-21-20(12-16)18-4-3-5-19(18)22(24-21)15-6-9-17(10-7-15)25(27)28/h3-4,6-12,14,18-19,22,24H,5,13H2,1-2H3. The van der Waals surface area contributed by atoms with Crippen molar-refractivity contribution in [1.82, 2.24) is 0 Å². The zero-order valence-electron chi connectivity index (χ0n) is 16.5. The van der Waals surface area contributed by atoms with E-state index in [0.29, 0.717) is 24.0 Å². The van der Waals surface area contributed by atoms with E-state index in [1.807, 2.05) is 38.1 Å². The predicted molar refractivity (Wildman–Crippen MR) is 111 cm³/mol. The summed E-state index contributed by atoms with van der Waals surface area (Å²) in [4.78, 5) is 22.9. The summed E-state index contributed by atoms with van der Waals surface area (Å²) in [5.74, 6) is 0.496. The Morgan fingerprint density at radius 3 is 2.69 bits per heavy atom. The van der Waals surface area contributed by atoms with Crippen LogP contribution in [0.15, 0.2) is 54.6 Å². The minimum absolute atomic E-state index is 0.0575. The van der Waals surface area contributed by atoms with Crippen LogP contribution in [0.3, 0.4) is 0 Å². The maximum absolute atomic E-state index is 12.4. The molecule has 2 aliphatic rings. The van der Waals surface area contributed by atoms with Gasteiger partial charge in [-0.15, -0.1) is 0 Å². The molecule has 2 aromatic carbocycles. The molecule has 150 valence electrons. The molecule has 1 N–H and O–H groups in total. The second-order valence-electron chi connectivity index (χ2n) is 8.12. The summed E-state index contributed by atoms with van der Waals surface area (Å²) in [6.45, 7) is 4.43. The van der Waals surface area contributed by atoms with Gasteiger partial charge in [0.1, 0.15) is 0 Å². The number of nitrogens with zero attached hydrogens (tertiary/aromatic N) is 1. The monoisotopic (exact) mass is 392 g/mol. The number of non-ortho nitro benzene ring substituents is 1. The molecule has 0 fully saturated rings. The van der Waals surface area contributed by atoms with Crippen LogP contribution in [-0.2, 0) is 4.74 Å². The Kier molecular flexibility index (Phi) is 5.09. The Morgan fingerprint density at radius 2 is 2.00 bits per heavy atom. The molecule has 3 atom stereocenters. The Bertz CT molecular complexity index is 965.